The molecule has 25 heavy (non-hydrogen) atoms. The summed E-state index contributed by atoms with van der Waals surface area (Å²) in [6.07, 6.45) is 3.27. The molecule has 0 fully saturated rings. The molecule has 0 saturated carbocycles. The Balaban J connectivity index is 3.54. The summed E-state index contributed by atoms with van der Waals surface area (Å²) in [5, 5.41) is 8.21. The van der Waals surface area contributed by atoms with Crippen LogP contribution in [0.1, 0.15) is 65.7 Å². The first-order valence-corrected chi connectivity index (χ1v) is 9.19. The van der Waals surface area contributed by atoms with E-state index in [1.165, 1.54) is 0 Å². The van der Waals surface area contributed by atoms with Crippen LogP contribution in [-0.2, 0) is 19.2 Å². The molecule has 0 aliphatic rings. The van der Waals surface area contributed by atoms with Gasteiger partial charge in [-0.25, -0.2) is 0 Å². The fourth-order valence-electron chi connectivity index (χ4n) is 2.13. The first-order valence-electron chi connectivity index (χ1n) is 9.19. The van der Waals surface area contributed by atoms with Crippen molar-refractivity contribution in [2.45, 2.75) is 65.7 Å². The van der Waals surface area contributed by atoms with E-state index in [0.29, 0.717) is 64.6 Å². The van der Waals surface area contributed by atoms with E-state index in [4.69, 9.17) is 0 Å². The molecule has 0 unspecified atom stereocenters. The molecule has 0 aromatic rings. The molecule has 0 heterocycles. The zero-order valence-corrected chi connectivity index (χ0v) is 15.8. The lowest BCUT2D eigenvalue weighted by molar-refractivity contribution is -0.124. The molecule has 0 aromatic carbocycles. The summed E-state index contributed by atoms with van der Waals surface area (Å²) in [6, 6.07) is 0. The van der Waals surface area contributed by atoms with Crippen LogP contribution in [0.2, 0.25) is 0 Å². The van der Waals surface area contributed by atoms with Crippen molar-refractivity contribution in [1.29, 1.82) is 0 Å². The Morgan fingerprint density at radius 3 is 1.56 bits per heavy atom. The summed E-state index contributed by atoms with van der Waals surface area (Å²) in [4.78, 5) is 45.9. The quantitative estimate of drug-likeness (QED) is 0.409. The van der Waals surface area contributed by atoms with Gasteiger partial charge in [-0.1, -0.05) is 13.8 Å². The normalized spacial score (nSPS) is 10.4. The van der Waals surface area contributed by atoms with Crippen LogP contribution in [0.4, 0.5) is 0 Å². The summed E-state index contributed by atoms with van der Waals surface area (Å²) < 4.78 is 0. The number of carbonyl (C=O) groups is 4. The average molecular weight is 355 g/mol. The van der Waals surface area contributed by atoms with Crippen LogP contribution in [-0.4, -0.2) is 43.1 Å². The van der Waals surface area contributed by atoms with Crippen molar-refractivity contribution in [3.63, 3.8) is 0 Å². The number of rotatable bonds is 14. The van der Waals surface area contributed by atoms with Gasteiger partial charge < -0.3 is 16.0 Å². The Labute approximate surface area is 150 Å². The van der Waals surface area contributed by atoms with E-state index >= 15 is 0 Å². The van der Waals surface area contributed by atoms with Crippen molar-refractivity contribution >= 4 is 23.5 Å². The maximum absolute atomic E-state index is 11.6. The van der Waals surface area contributed by atoms with Crippen LogP contribution in [0.25, 0.3) is 0 Å². The molecule has 0 aliphatic heterocycles. The third-order valence-corrected chi connectivity index (χ3v) is 3.65. The van der Waals surface area contributed by atoms with Gasteiger partial charge in [0.05, 0.1) is 0 Å². The van der Waals surface area contributed by atoms with Crippen LogP contribution >= 0.6 is 0 Å². The van der Waals surface area contributed by atoms with Gasteiger partial charge in [0.15, 0.2) is 0 Å². The Kier molecular flexibility index (Phi) is 13.3. The molecule has 0 aliphatic carbocycles. The van der Waals surface area contributed by atoms with Gasteiger partial charge in [-0.15, -0.1) is 0 Å². The highest BCUT2D eigenvalue weighted by atomic mass is 16.2. The Hall–Kier alpha value is -1.92. The topological polar surface area (TPSA) is 104 Å². The van der Waals surface area contributed by atoms with E-state index in [2.05, 4.69) is 16.0 Å². The molecule has 7 heteroatoms. The van der Waals surface area contributed by atoms with Gasteiger partial charge >= 0.3 is 0 Å². The van der Waals surface area contributed by atoms with E-state index < -0.39 is 0 Å². The van der Waals surface area contributed by atoms with Gasteiger partial charge in [0.1, 0.15) is 5.78 Å². The van der Waals surface area contributed by atoms with E-state index in [9.17, 15) is 19.2 Å². The molecule has 0 saturated heterocycles. The van der Waals surface area contributed by atoms with E-state index in [1.807, 2.05) is 20.8 Å². The number of hydrogen-bond donors (Lipinski definition) is 3. The zero-order valence-electron chi connectivity index (χ0n) is 15.8. The van der Waals surface area contributed by atoms with Gasteiger partial charge in [-0.3, -0.25) is 19.2 Å². The second kappa shape index (κ2) is 14.4. The SMILES string of the molecule is CCNC(=O)CCCNC(=O)CCCNC(=O)CCCC(=O)C(C)C. The predicted molar refractivity (Wildman–Crippen MR) is 96.9 cm³/mol. The highest BCUT2D eigenvalue weighted by Crippen LogP contribution is 2.04. The average Bonchev–Trinajstić information content (AvgIpc) is 2.55. The van der Waals surface area contributed by atoms with Gasteiger partial charge in [-0.05, 0) is 26.2 Å². The van der Waals surface area contributed by atoms with Crippen molar-refractivity contribution in [1.82, 2.24) is 16.0 Å². The number of amides is 3. The minimum absolute atomic E-state index is 0.00504. The van der Waals surface area contributed by atoms with E-state index in [-0.39, 0.29) is 29.4 Å². The standard InChI is InChI=1S/C18H33N3O4/c1-4-19-16(23)10-6-12-21-18(25)11-7-13-20-17(24)9-5-8-15(22)14(2)3/h14H,4-13H2,1-3H3,(H,19,23)(H,20,24)(H,21,25). The molecule has 0 rings (SSSR count). The Morgan fingerprint density at radius 1 is 0.680 bits per heavy atom. The van der Waals surface area contributed by atoms with Gasteiger partial charge in [0.2, 0.25) is 17.7 Å². The lowest BCUT2D eigenvalue weighted by atomic mass is 10.0. The predicted octanol–water partition coefficient (Wildman–Crippen LogP) is 1.31. The van der Waals surface area contributed by atoms with E-state index in [0.717, 1.165) is 0 Å². The van der Waals surface area contributed by atoms with Gasteiger partial charge in [0.25, 0.3) is 0 Å². The maximum atomic E-state index is 11.6. The maximum Gasteiger partial charge on any atom is 0.220 e. The van der Waals surface area contributed by atoms with Crippen LogP contribution in [0.5, 0.6) is 0 Å². The third-order valence-electron chi connectivity index (χ3n) is 3.65. The summed E-state index contributed by atoms with van der Waals surface area (Å²) in [7, 11) is 0. The Bertz CT molecular complexity index is 436. The molecule has 0 radical (unpaired) electrons. The van der Waals surface area contributed by atoms with E-state index in [1.54, 1.807) is 0 Å². The molecule has 144 valence electrons. The fourth-order valence-corrected chi connectivity index (χ4v) is 2.13. The second-order valence-corrected chi connectivity index (χ2v) is 6.34. The molecule has 0 atom stereocenters. The monoisotopic (exact) mass is 355 g/mol. The van der Waals surface area contributed by atoms with Crippen LogP contribution < -0.4 is 16.0 Å². The molecule has 3 N–H and O–H groups in total. The van der Waals surface area contributed by atoms with Crippen molar-refractivity contribution < 1.29 is 19.2 Å². The zero-order chi connectivity index (χ0) is 19.1. The summed E-state index contributed by atoms with van der Waals surface area (Å²) in [5.74, 6) is 0.0281. The summed E-state index contributed by atoms with van der Waals surface area (Å²) in [6.45, 7) is 7.12. The smallest absolute Gasteiger partial charge is 0.220 e. The van der Waals surface area contributed by atoms with Crippen LogP contribution in [0.3, 0.4) is 0 Å². The van der Waals surface area contributed by atoms with Crippen molar-refractivity contribution in [3.8, 4) is 0 Å². The fraction of sp³-hybridized carbons (Fsp3) is 0.778. The largest absolute Gasteiger partial charge is 0.356 e. The molecular weight excluding hydrogens is 322 g/mol. The molecule has 0 spiro atoms. The third kappa shape index (κ3) is 14.2. The lowest BCUT2D eigenvalue weighted by Crippen LogP contribution is -2.29. The highest BCUT2D eigenvalue weighted by molar-refractivity contribution is 5.81. The first-order chi connectivity index (χ1) is 11.9. The number of Topliss-reactive ketones (excluding diaryl/α,β-unsaturated/α-hetero) is 1. The van der Waals surface area contributed by atoms with Crippen molar-refractivity contribution in [2.75, 3.05) is 19.6 Å². The van der Waals surface area contributed by atoms with Crippen molar-refractivity contribution in [3.05, 3.63) is 0 Å². The minimum Gasteiger partial charge on any atom is -0.356 e. The number of carbonyl (C=O) groups excluding carboxylic acids is 4. The minimum atomic E-state index is -0.0844. The number of hydrogen-bond acceptors (Lipinski definition) is 4. The number of nitrogens with one attached hydrogen (secondary N) is 3. The summed E-state index contributed by atoms with van der Waals surface area (Å²) >= 11 is 0. The molecule has 3 amide bonds. The molecule has 0 aromatic heterocycles. The first kappa shape index (κ1) is 23.1. The Morgan fingerprint density at radius 2 is 1.12 bits per heavy atom. The summed E-state index contributed by atoms with van der Waals surface area (Å²) in [5.41, 5.74) is 0. The molecular formula is C18H33N3O4. The van der Waals surface area contributed by atoms with Gasteiger partial charge in [-0.2, -0.15) is 0 Å². The number of ketones is 1. The van der Waals surface area contributed by atoms with Crippen LogP contribution in [0.15, 0.2) is 0 Å². The van der Waals surface area contributed by atoms with Crippen molar-refractivity contribution in [2.24, 2.45) is 5.92 Å². The van der Waals surface area contributed by atoms with Gasteiger partial charge in [0, 0.05) is 51.2 Å². The second-order valence-electron chi connectivity index (χ2n) is 6.34. The molecule has 0 bridgehead atoms. The highest BCUT2D eigenvalue weighted by Gasteiger charge is 2.08. The lowest BCUT2D eigenvalue weighted by Gasteiger charge is -2.07. The molecule has 7 nitrogen and oxygen atoms in total. The van der Waals surface area contributed by atoms with Crippen LogP contribution in [0, 0.1) is 5.92 Å².